The van der Waals surface area contributed by atoms with Crippen LogP contribution >= 0.6 is 0 Å². The minimum absolute atomic E-state index is 0.0383. The zero-order valence-corrected chi connectivity index (χ0v) is 16.1. The Morgan fingerprint density at radius 2 is 1.69 bits per heavy atom. The van der Waals surface area contributed by atoms with E-state index in [1.165, 1.54) is 6.07 Å². The first-order valence-corrected chi connectivity index (χ1v) is 9.34. The number of piperazine rings is 1. The van der Waals surface area contributed by atoms with Gasteiger partial charge < -0.3 is 19.3 Å². The van der Waals surface area contributed by atoms with Gasteiger partial charge in [0.15, 0.2) is 11.5 Å². The molecule has 156 valence electrons. The second-order valence-electron chi connectivity index (χ2n) is 6.67. The molecule has 1 amide bonds. The number of anilines is 1. The summed E-state index contributed by atoms with van der Waals surface area (Å²) in [7, 11) is 1.55. The highest BCUT2D eigenvalue weighted by Crippen LogP contribution is 2.32. The molecule has 0 saturated carbocycles. The Balaban J connectivity index is 1.48. The molecule has 29 heavy (non-hydrogen) atoms. The highest BCUT2D eigenvalue weighted by molar-refractivity contribution is 5.76. The van der Waals surface area contributed by atoms with Crippen molar-refractivity contribution in [3.8, 4) is 11.5 Å². The number of alkyl halides is 3. The number of methoxy groups -OCH3 is 1. The largest absolute Gasteiger partial charge is 0.493 e. The number of ether oxygens (including phenoxy) is 2. The lowest BCUT2D eigenvalue weighted by Gasteiger charge is -2.36. The van der Waals surface area contributed by atoms with Crippen LogP contribution in [0.4, 0.5) is 18.9 Å². The molecule has 1 fully saturated rings. The fourth-order valence-electron chi connectivity index (χ4n) is 3.24. The van der Waals surface area contributed by atoms with Gasteiger partial charge in [-0.25, -0.2) is 0 Å². The van der Waals surface area contributed by atoms with Crippen molar-refractivity contribution in [2.75, 3.05) is 44.8 Å². The molecule has 0 radical (unpaired) electrons. The van der Waals surface area contributed by atoms with Crippen LogP contribution in [0.2, 0.25) is 0 Å². The van der Waals surface area contributed by atoms with Crippen LogP contribution in [0.1, 0.15) is 12.0 Å². The van der Waals surface area contributed by atoms with E-state index in [1.54, 1.807) is 30.2 Å². The summed E-state index contributed by atoms with van der Waals surface area (Å²) >= 11 is 0. The highest BCUT2D eigenvalue weighted by atomic mass is 19.4. The summed E-state index contributed by atoms with van der Waals surface area (Å²) in [5.41, 5.74) is -0.145. The van der Waals surface area contributed by atoms with E-state index < -0.39 is 11.7 Å². The molecule has 3 rings (SSSR count). The maximum Gasteiger partial charge on any atom is 0.416 e. The van der Waals surface area contributed by atoms with Gasteiger partial charge in [0.1, 0.15) is 0 Å². The third kappa shape index (κ3) is 5.34. The highest BCUT2D eigenvalue weighted by Gasteiger charge is 2.31. The molecule has 1 aliphatic rings. The van der Waals surface area contributed by atoms with Crippen molar-refractivity contribution < 1.29 is 27.4 Å². The summed E-state index contributed by atoms with van der Waals surface area (Å²) in [4.78, 5) is 16.0. The van der Waals surface area contributed by atoms with Crippen LogP contribution in [-0.4, -0.2) is 50.7 Å². The molecule has 0 N–H and O–H groups in total. The number of hydrogen-bond acceptors (Lipinski definition) is 4. The van der Waals surface area contributed by atoms with Crippen LogP contribution in [0.5, 0.6) is 11.5 Å². The summed E-state index contributed by atoms with van der Waals surface area (Å²) < 4.78 is 49.5. The smallest absolute Gasteiger partial charge is 0.416 e. The van der Waals surface area contributed by atoms with Crippen molar-refractivity contribution in [3.05, 3.63) is 54.1 Å². The van der Waals surface area contributed by atoms with Gasteiger partial charge in [-0.05, 0) is 30.3 Å². The molecule has 0 atom stereocenters. The average Bonchev–Trinajstić information content (AvgIpc) is 2.73. The Morgan fingerprint density at radius 3 is 2.34 bits per heavy atom. The molecule has 8 heteroatoms. The monoisotopic (exact) mass is 408 g/mol. The average molecular weight is 408 g/mol. The molecule has 0 unspecified atom stereocenters. The van der Waals surface area contributed by atoms with Crippen molar-refractivity contribution in [1.82, 2.24) is 4.90 Å². The van der Waals surface area contributed by atoms with Crippen LogP contribution in [0.3, 0.4) is 0 Å². The Bertz CT molecular complexity index is 834. The molecule has 2 aromatic carbocycles. The van der Waals surface area contributed by atoms with Crippen molar-refractivity contribution in [2.45, 2.75) is 12.6 Å². The van der Waals surface area contributed by atoms with E-state index in [4.69, 9.17) is 9.47 Å². The first-order chi connectivity index (χ1) is 13.9. The van der Waals surface area contributed by atoms with Crippen LogP contribution in [0.25, 0.3) is 0 Å². The molecular formula is C21H23F3N2O3. The van der Waals surface area contributed by atoms with Crippen LogP contribution in [0.15, 0.2) is 48.5 Å². The molecule has 1 aliphatic heterocycles. The Morgan fingerprint density at radius 1 is 1.00 bits per heavy atom. The Labute approximate surface area is 167 Å². The van der Waals surface area contributed by atoms with E-state index in [0.29, 0.717) is 43.4 Å². The number of halogens is 3. The van der Waals surface area contributed by atoms with Crippen LogP contribution in [0, 0.1) is 0 Å². The number of amides is 1. The predicted octanol–water partition coefficient (Wildman–Crippen LogP) is 3.83. The third-order valence-electron chi connectivity index (χ3n) is 4.81. The maximum atomic E-state index is 12.9. The number of hydrogen-bond donors (Lipinski definition) is 0. The fourth-order valence-corrected chi connectivity index (χ4v) is 3.24. The second-order valence-corrected chi connectivity index (χ2v) is 6.67. The van der Waals surface area contributed by atoms with E-state index in [9.17, 15) is 18.0 Å². The first-order valence-electron chi connectivity index (χ1n) is 9.34. The number of para-hydroxylation sites is 2. The molecule has 0 spiro atoms. The second kappa shape index (κ2) is 9.07. The SMILES string of the molecule is COc1ccccc1OCCC(=O)N1CCN(c2cccc(C(F)(F)F)c2)CC1. The van der Waals surface area contributed by atoms with Crippen LogP contribution in [-0.2, 0) is 11.0 Å². The quantitative estimate of drug-likeness (QED) is 0.729. The number of carbonyl (C=O) groups is 1. The Kier molecular flexibility index (Phi) is 6.51. The van der Waals surface area contributed by atoms with Gasteiger partial charge in [0.25, 0.3) is 0 Å². The van der Waals surface area contributed by atoms with Gasteiger partial charge >= 0.3 is 6.18 Å². The minimum atomic E-state index is -4.37. The van der Waals surface area contributed by atoms with Gasteiger partial charge in [0, 0.05) is 31.9 Å². The molecule has 0 aliphatic carbocycles. The molecular weight excluding hydrogens is 385 g/mol. The van der Waals surface area contributed by atoms with Crippen molar-refractivity contribution >= 4 is 11.6 Å². The topological polar surface area (TPSA) is 42.0 Å². The van der Waals surface area contributed by atoms with Crippen molar-refractivity contribution in [1.29, 1.82) is 0 Å². The summed E-state index contributed by atoms with van der Waals surface area (Å²) in [6.07, 6.45) is -4.14. The van der Waals surface area contributed by atoms with Gasteiger partial charge in [0.05, 0.1) is 25.7 Å². The van der Waals surface area contributed by atoms with E-state index in [2.05, 4.69) is 0 Å². The summed E-state index contributed by atoms with van der Waals surface area (Å²) in [5.74, 6) is 1.15. The van der Waals surface area contributed by atoms with Gasteiger partial charge in [0.2, 0.25) is 5.91 Å². The molecule has 2 aromatic rings. The minimum Gasteiger partial charge on any atom is -0.493 e. The lowest BCUT2D eigenvalue weighted by atomic mass is 10.1. The summed E-state index contributed by atoms with van der Waals surface area (Å²) in [5, 5.41) is 0. The van der Waals surface area contributed by atoms with Gasteiger partial charge in [-0.1, -0.05) is 18.2 Å². The summed E-state index contributed by atoms with van der Waals surface area (Å²) in [6, 6.07) is 12.5. The molecule has 5 nitrogen and oxygen atoms in total. The van der Waals surface area contributed by atoms with E-state index in [1.807, 2.05) is 17.0 Å². The molecule has 1 saturated heterocycles. The number of nitrogens with zero attached hydrogens (tertiary/aromatic N) is 2. The van der Waals surface area contributed by atoms with E-state index in [0.717, 1.165) is 12.1 Å². The zero-order chi connectivity index (χ0) is 20.9. The van der Waals surface area contributed by atoms with Gasteiger partial charge in [-0.15, -0.1) is 0 Å². The standard InChI is InChI=1S/C21H23F3N2O3/c1-28-18-7-2-3-8-19(18)29-14-9-20(27)26-12-10-25(11-13-26)17-6-4-5-16(15-17)21(22,23)24/h2-8,15H,9-14H2,1H3. The first kappa shape index (κ1) is 20.8. The molecule has 0 aromatic heterocycles. The van der Waals surface area contributed by atoms with E-state index in [-0.39, 0.29) is 18.9 Å². The van der Waals surface area contributed by atoms with E-state index >= 15 is 0 Å². The number of rotatable bonds is 6. The Hall–Kier alpha value is -2.90. The third-order valence-corrected chi connectivity index (χ3v) is 4.81. The zero-order valence-electron chi connectivity index (χ0n) is 16.1. The van der Waals surface area contributed by atoms with Crippen molar-refractivity contribution in [2.24, 2.45) is 0 Å². The van der Waals surface area contributed by atoms with Gasteiger partial charge in [-0.2, -0.15) is 13.2 Å². The molecule has 0 bridgehead atoms. The number of carbonyl (C=O) groups excluding carboxylic acids is 1. The van der Waals surface area contributed by atoms with Gasteiger partial charge in [-0.3, -0.25) is 4.79 Å². The fraction of sp³-hybridized carbons (Fsp3) is 0.381. The van der Waals surface area contributed by atoms with Crippen LogP contribution < -0.4 is 14.4 Å². The number of benzene rings is 2. The summed E-state index contributed by atoms with van der Waals surface area (Å²) in [6.45, 7) is 2.13. The maximum absolute atomic E-state index is 12.9. The lowest BCUT2D eigenvalue weighted by molar-refractivity contribution is -0.137. The molecule has 1 heterocycles. The van der Waals surface area contributed by atoms with Crippen molar-refractivity contribution in [3.63, 3.8) is 0 Å². The predicted molar refractivity (Wildman–Crippen MR) is 103 cm³/mol. The normalized spacial score (nSPS) is 14.6. The lowest BCUT2D eigenvalue weighted by Crippen LogP contribution is -2.49.